The van der Waals surface area contributed by atoms with E-state index in [-0.39, 0.29) is 0 Å². The van der Waals surface area contributed by atoms with Gasteiger partial charge in [-0.05, 0) is 66.1 Å². The normalized spacial score (nSPS) is 18.0. The van der Waals surface area contributed by atoms with E-state index in [0.29, 0.717) is 16.9 Å². The maximum absolute atomic E-state index is 6.30. The Hall–Kier alpha value is -1.62. The average molecular weight is 472 g/mol. The van der Waals surface area contributed by atoms with Crippen molar-refractivity contribution in [2.24, 2.45) is 4.99 Å². The molecule has 0 N–H and O–H groups in total. The number of rotatable bonds is 3. The van der Waals surface area contributed by atoms with E-state index in [2.05, 4.69) is 70.3 Å². The lowest BCUT2D eigenvalue weighted by atomic mass is 9.97. The minimum Gasteiger partial charge on any atom is -0.226 e. The molecule has 1 aliphatic rings. The Morgan fingerprint density at radius 1 is 1.11 bits per heavy atom. The van der Waals surface area contributed by atoms with Gasteiger partial charge in [0.05, 0.1) is 5.04 Å². The molecule has 0 saturated carbocycles. The number of nitrogens with zero attached hydrogens (tertiary/aromatic N) is 2. The van der Waals surface area contributed by atoms with Crippen molar-refractivity contribution in [1.29, 1.82) is 0 Å². The Bertz CT molecular complexity index is 1020. The van der Waals surface area contributed by atoms with E-state index in [1.54, 1.807) is 11.8 Å². The van der Waals surface area contributed by atoms with Gasteiger partial charge in [0.1, 0.15) is 5.15 Å². The summed E-state index contributed by atoms with van der Waals surface area (Å²) in [6.07, 6.45) is 2.85. The molecule has 2 aromatic carbocycles. The van der Waals surface area contributed by atoms with Gasteiger partial charge < -0.3 is 0 Å². The third kappa shape index (κ3) is 4.86. The lowest BCUT2D eigenvalue weighted by molar-refractivity contribution is 0.697. The summed E-state index contributed by atoms with van der Waals surface area (Å²) in [6.45, 7) is 2.28. The van der Waals surface area contributed by atoms with Gasteiger partial charge >= 0.3 is 0 Å². The van der Waals surface area contributed by atoms with Crippen LogP contribution in [0.25, 0.3) is 0 Å². The Kier molecular flexibility index (Phi) is 6.19. The van der Waals surface area contributed by atoms with Gasteiger partial charge in [-0.2, -0.15) is 0 Å². The van der Waals surface area contributed by atoms with Gasteiger partial charge in [0.15, 0.2) is 5.82 Å². The van der Waals surface area contributed by atoms with Crippen LogP contribution in [0, 0.1) is 0 Å². The van der Waals surface area contributed by atoms with Crippen LogP contribution < -0.4 is 0 Å². The summed E-state index contributed by atoms with van der Waals surface area (Å²) in [5.41, 5.74) is 3.77. The topological polar surface area (TPSA) is 25.2 Å². The molecule has 0 radical (unpaired) electrons. The van der Waals surface area contributed by atoms with Crippen LogP contribution in [-0.4, -0.2) is 10.0 Å². The fourth-order valence-electron chi connectivity index (χ4n) is 3.41. The first kappa shape index (κ1) is 19.7. The second kappa shape index (κ2) is 8.81. The number of fused-ring (bicyclic) bond motifs is 1. The highest BCUT2D eigenvalue weighted by Gasteiger charge is 2.19. The first-order valence-electron chi connectivity index (χ1n) is 9.32. The third-order valence-corrected chi connectivity index (χ3v) is 6.65. The van der Waals surface area contributed by atoms with Crippen molar-refractivity contribution in [3.05, 3.63) is 87.0 Å². The summed E-state index contributed by atoms with van der Waals surface area (Å²) in [6, 6.07) is 20.9. The summed E-state index contributed by atoms with van der Waals surface area (Å²) in [5, 5.41) is 1.58. The molecule has 0 amide bonds. The number of benzene rings is 2. The molecule has 4 rings (SSSR count). The second-order valence-electron chi connectivity index (χ2n) is 7.05. The standard InChI is InChI=1S/C23H20BrClN2S/c1-15-7-10-23(28-20-14-18(24)8-9-19(15)20)27-22-13-17(12-21(25)26-22)11-16-5-3-2-4-6-16/h2-6,8-9,12-15H,7,10-11H2,1H3. The van der Waals surface area contributed by atoms with E-state index in [0.717, 1.165) is 34.3 Å². The molecule has 1 unspecified atom stereocenters. The van der Waals surface area contributed by atoms with Crippen LogP contribution in [-0.2, 0) is 6.42 Å². The van der Waals surface area contributed by atoms with Gasteiger partial charge in [0, 0.05) is 9.37 Å². The van der Waals surface area contributed by atoms with Crippen LogP contribution in [0.4, 0.5) is 5.82 Å². The van der Waals surface area contributed by atoms with Crippen LogP contribution in [0.5, 0.6) is 0 Å². The molecule has 2 heterocycles. The first-order valence-corrected chi connectivity index (χ1v) is 11.3. The highest BCUT2D eigenvalue weighted by Crippen LogP contribution is 2.39. The molecule has 0 saturated heterocycles. The number of halogens is 2. The van der Waals surface area contributed by atoms with Crippen LogP contribution in [0.2, 0.25) is 5.15 Å². The van der Waals surface area contributed by atoms with E-state index < -0.39 is 0 Å². The lowest BCUT2D eigenvalue weighted by Crippen LogP contribution is -1.94. The zero-order chi connectivity index (χ0) is 19.5. The van der Waals surface area contributed by atoms with E-state index in [4.69, 9.17) is 16.6 Å². The highest BCUT2D eigenvalue weighted by atomic mass is 79.9. The number of hydrogen-bond acceptors (Lipinski definition) is 3. The fourth-order valence-corrected chi connectivity index (χ4v) is 5.33. The van der Waals surface area contributed by atoms with Crippen molar-refractivity contribution in [1.82, 2.24) is 4.98 Å². The summed E-state index contributed by atoms with van der Waals surface area (Å²) >= 11 is 11.6. The van der Waals surface area contributed by atoms with Gasteiger partial charge in [0.25, 0.3) is 0 Å². The van der Waals surface area contributed by atoms with E-state index in [1.165, 1.54) is 16.0 Å². The predicted molar refractivity (Wildman–Crippen MR) is 123 cm³/mol. The molecule has 142 valence electrons. The zero-order valence-corrected chi connectivity index (χ0v) is 18.7. The quantitative estimate of drug-likeness (QED) is 0.364. The van der Waals surface area contributed by atoms with E-state index in [9.17, 15) is 0 Å². The maximum atomic E-state index is 6.30. The second-order valence-corrected chi connectivity index (χ2v) is 9.47. The number of hydrogen-bond donors (Lipinski definition) is 0. The largest absolute Gasteiger partial charge is 0.226 e. The van der Waals surface area contributed by atoms with Crippen molar-refractivity contribution in [2.75, 3.05) is 0 Å². The van der Waals surface area contributed by atoms with Crippen molar-refractivity contribution >= 4 is 50.2 Å². The number of thioether (sulfide) groups is 1. The third-order valence-electron chi connectivity index (χ3n) is 4.86. The number of aromatic nitrogens is 1. The molecule has 0 bridgehead atoms. The smallest absolute Gasteiger partial charge is 0.154 e. The summed E-state index contributed by atoms with van der Waals surface area (Å²) in [5.74, 6) is 1.20. The van der Waals surface area contributed by atoms with Crippen LogP contribution in [0.1, 0.15) is 42.4 Å². The predicted octanol–water partition coefficient (Wildman–Crippen LogP) is 7.81. The monoisotopic (exact) mass is 470 g/mol. The van der Waals surface area contributed by atoms with Crippen LogP contribution in [0.3, 0.4) is 0 Å². The van der Waals surface area contributed by atoms with Gasteiger partial charge in [-0.1, -0.05) is 82.6 Å². The number of pyridine rings is 1. The average Bonchev–Trinajstić information content (AvgIpc) is 2.80. The molecule has 0 fully saturated rings. The molecular formula is C23H20BrClN2S. The van der Waals surface area contributed by atoms with Crippen molar-refractivity contribution in [3.8, 4) is 0 Å². The van der Waals surface area contributed by atoms with Gasteiger partial charge in [-0.25, -0.2) is 9.98 Å². The molecule has 28 heavy (non-hydrogen) atoms. The van der Waals surface area contributed by atoms with Gasteiger partial charge in [-0.15, -0.1) is 0 Å². The van der Waals surface area contributed by atoms with Crippen LogP contribution in [0.15, 0.2) is 75.0 Å². The molecule has 2 nitrogen and oxygen atoms in total. The van der Waals surface area contributed by atoms with E-state index in [1.807, 2.05) is 18.2 Å². The Morgan fingerprint density at radius 3 is 2.75 bits per heavy atom. The fraction of sp³-hybridized carbons (Fsp3) is 0.217. The van der Waals surface area contributed by atoms with Crippen molar-refractivity contribution < 1.29 is 0 Å². The molecular weight excluding hydrogens is 452 g/mol. The minimum atomic E-state index is 0.489. The molecule has 1 aromatic heterocycles. The maximum Gasteiger partial charge on any atom is 0.154 e. The molecule has 0 aliphatic carbocycles. The lowest BCUT2D eigenvalue weighted by Gasteiger charge is -2.11. The minimum absolute atomic E-state index is 0.489. The molecule has 5 heteroatoms. The highest BCUT2D eigenvalue weighted by molar-refractivity contribution is 9.10. The van der Waals surface area contributed by atoms with Crippen LogP contribution >= 0.6 is 39.3 Å². The van der Waals surface area contributed by atoms with E-state index >= 15 is 0 Å². The summed E-state index contributed by atoms with van der Waals surface area (Å²) in [4.78, 5) is 10.6. The Morgan fingerprint density at radius 2 is 1.93 bits per heavy atom. The van der Waals surface area contributed by atoms with Crippen molar-refractivity contribution in [3.63, 3.8) is 0 Å². The molecule has 0 spiro atoms. The van der Waals surface area contributed by atoms with Gasteiger partial charge in [-0.3, -0.25) is 0 Å². The Labute approximate surface area is 183 Å². The number of aliphatic imine (C=N–C) groups is 1. The van der Waals surface area contributed by atoms with Gasteiger partial charge in [0.2, 0.25) is 0 Å². The molecule has 1 atom stereocenters. The molecule has 3 aromatic rings. The SMILES string of the molecule is CC1CCC(=Nc2cc(Cc3ccccc3)cc(Cl)n2)Sc2cc(Br)ccc21. The first-order chi connectivity index (χ1) is 13.6. The summed E-state index contributed by atoms with van der Waals surface area (Å²) in [7, 11) is 0. The molecule has 1 aliphatic heterocycles. The van der Waals surface area contributed by atoms with Crippen molar-refractivity contribution in [2.45, 2.75) is 37.0 Å². The zero-order valence-electron chi connectivity index (χ0n) is 15.5. The summed E-state index contributed by atoms with van der Waals surface area (Å²) < 4.78 is 1.10. The Balaban J connectivity index is 1.63.